The number of halogens is 1. The van der Waals surface area contributed by atoms with E-state index in [9.17, 15) is 9.59 Å². The first-order chi connectivity index (χ1) is 8.58. The van der Waals surface area contributed by atoms with Gasteiger partial charge in [0.1, 0.15) is 24.4 Å². The van der Waals surface area contributed by atoms with Crippen molar-refractivity contribution in [1.29, 1.82) is 0 Å². The molecule has 8 nitrogen and oxygen atoms in total. The van der Waals surface area contributed by atoms with Gasteiger partial charge < -0.3 is 14.4 Å². The summed E-state index contributed by atoms with van der Waals surface area (Å²) in [6.07, 6.45) is 1.04. The van der Waals surface area contributed by atoms with E-state index >= 15 is 0 Å². The summed E-state index contributed by atoms with van der Waals surface area (Å²) in [4.78, 5) is 30.2. The molecule has 98 valence electrons. The molecule has 1 rings (SSSR count). The number of oxazole rings is 1. The van der Waals surface area contributed by atoms with E-state index in [1.807, 2.05) is 0 Å². The van der Waals surface area contributed by atoms with E-state index in [-0.39, 0.29) is 24.2 Å². The van der Waals surface area contributed by atoms with Gasteiger partial charge in [-0.25, -0.2) is 4.79 Å². The molecule has 1 aromatic heterocycles. The topological polar surface area (TPSA) is 114 Å². The largest absolute Gasteiger partial charge is 0.476 e. The highest BCUT2D eigenvalue weighted by atomic mass is 35.5. The molecule has 0 bridgehead atoms. The van der Waals surface area contributed by atoms with Crippen molar-refractivity contribution in [1.82, 2.24) is 4.98 Å². The van der Waals surface area contributed by atoms with Crippen LogP contribution in [0.1, 0.15) is 12.6 Å². The molecule has 0 atom stereocenters. The summed E-state index contributed by atoms with van der Waals surface area (Å²) in [6.45, 7) is 1.86. The standard InChI is InChI=1S/C9H10ClN3O5/c1-2-18-13-7(8(15)16)5-4-17-9(11-5)12-6(14)3-10/h4H,2-3H2,1H3,(H,15,16)(H,11,12,14)/b13-7-. The van der Waals surface area contributed by atoms with Crippen LogP contribution in [-0.2, 0) is 14.4 Å². The maximum absolute atomic E-state index is 11.0. The smallest absolute Gasteiger partial charge is 0.360 e. The van der Waals surface area contributed by atoms with Crippen LogP contribution in [0.15, 0.2) is 15.8 Å². The van der Waals surface area contributed by atoms with Gasteiger partial charge >= 0.3 is 12.0 Å². The van der Waals surface area contributed by atoms with Crippen LogP contribution in [0.5, 0.6) is 0 Å². The quantitative estimate of drug-likeness (QED) is 0.448. The van der Waals surface area contributed by atoms with Crippen LogP contribution in [0.2, 0.25) is 0 Å². The molecule has 0 spiro atoms. The van der Waals surface area contributed by atoms with Gasteiger partial charge in [-0.3, -0.25) is 10.1 Å². The van der Waals surface area contributed by atoms with Crippen molar-refractivity contribution >= 4 is 35.2 Å². The Bertz CT molecular complexity index is 471. The fourth-order valence-electron chi connectivity index (χ4n) is 0.917. The van der Waals surface area contributed by atoms with Crippen molar-refractivity contribution < 1.29 is 24.0 Å². The number of amides is 1. The lowest BCUT2D eigenvalue weighted by molar-refractivity contribution is -0.129. The van der Waals surface area contributed by atoms with Crippen molar-refractivity contribution in [2.45, 2.75) is 6.92 Å². The molecular formula is C9H10ClN3O5. The van der Waals surface area contributed by atoms with E-state index in [0.717, 1.165) is 6.26 Å². The number of nitrogens with one attached hydrogen (secondary N) is 1. The first-order valence-corrected chi connectivity index (χ1v) is 5.36. The van der Waals surface area contributed by atoms with Gasteiger partial charge in [-0.05, 0) is 6.92 Å². The number of hydrogen-bond donors (Lipinski definition) is 2. The van der Waals surface area contributed by atoms with E-state index in [0.29, 0.717) is 0 Å². The summed E-state index contributed by atoms with van der Waals surface area (Å²) in [7, 11) is 0. The molecule has 1 heterocycles. The van der Waals surface area contributed by atoms with Crippen LogP contribution in [0.4, 0.5) is 6.01 Å². The number of nitrogens with zero attached hydrogens (tertiary/aromatic N) is 2. The summed E-state index contributed by atoms with van der Waals surface area (Å²) in [6, 6.07) is -0.166. The summed E-state index contributed by atoms with van der Waals surface area (Å²) < 4.78 is 4.85. The van der Waals surface area contributed by atoms with Crippen LogP contribution in [0, 0.1) is 0 Å². The minimum absolute atomic E-state index is 0.0687. The Kier molecular flexibility index (Phi) is 5.12. The Balaban J connectivity index is 2.88. The van der Waals surface area contributed by atoms with Gasteiger partial charge in [0.05, 0.1) is 0 Å². The molecule has 1 amide bonds. The van der Waals surface area contributed by atoms with Crippen LogP contribution in [-0.4, -0.2) is 40.2 Å². The second-order valence-electron chi connectivity index (χ2n) is 2.88. The lowest BCUT2D eigenvalue weighted by Gasteiger charge is -1.96. The fourth-order valence-corrected chi connectivity index (χ4v) is 0.984. The van der Waals surface area contributed by atoms with Gasteiger partial charge in [0, 0.05) is 0 Å². The maximum atomic E-state index is 11.0. The molecule has 9 heteroatoms. The van der Waals surface area contributed by atoms with Crippen LogP contribution in [0.25, 0.3) is 0 Å². The number of carbonyl (C=O) groups excluding carboxylic acids is 1. The number of aliphatic carboxylic acids is 1. The van der Waals surface area contributed by atoms with Crippen molar-refractivity contribution in [2.24, 2.45) is 5.16 Å². The number of rotatable bonds is 6. The van der Waals surface area contributed by atoms with Gasteiger partial charge in [0.15, 0.2) is 0 Å². The number of alkyl halides is 1. The molecule has 18 heavy (non-hydrogen) atoms. The zero-order valence-electron chi connectivity index (χ0n) is 9.34. The van der Waals surface area contributed by atoms with Gasteiger partial charge in [0.2, 0.25) is 11.6 Å². The highest BCUT2D eigenvalue weighted by molar-refractivity contribution is 6.41. The lowest BCUT2D eigenvalue weighted by Crippen LogP contribution is -2.16. The molecule has 0 aromatic carbocycles. The SMILES string of the molecule is CCO/N=C(\C(=O)O)c1coc(NC(=O)CCl)n1. The molecule has 2 N–H and O–H groups in total. The molecule has 0 fully saturated rings. The van der Waals surface area contributed by atoms with E-state index in [2.05, 4.69) is 20.3 Å². The second kappa shape index (κ2) is 6.60. The Labute approximate surface area is 107 Å². The first kappa shape index (κ1) is 14.0. The Morgan fingerprint density at radius 1 is 1.67 bits per heavy atom. The van der Waals surface area contributed by atoms with Crippen LogP contribution >= 0.6 is 11.6 Å². The predicted octanol–water partition coefficient (Wildman–Crippen LogP) is 0.677. The van der Waals surface area contributed by atoms with Crippen molar-refractivity contribution in [3.8, 4) is 0 Å². The number of carbonyl (C=O) groups is 2. The average molecular weight is 276 g/mol. The van der Waals surface area contributed by atoms with Crippen molar-refractivity contribution in [3.63, 3.8) is 0 Å². The molecule has 0 unspecified atom stereocenters. The molecule has 0 radical (unpaired) electrons. The highest BCUT2D eigenvalue weighted by Gasteiger charge is 2.19. The number of carboxylic acid groups (broad SMARTS) is 1. The zero-order chi connectivity index (χ0) is 13.5. The molecule has 0 saturated heterocycles. The van der Waals surface area contributed by atoms with E-state index in [1.54, 1.807) is 6.92 Å². The fraction of sp³-hybridized carbons (Fsp3) is 0.333. The molecule has 0 aliphatic heterocycles. The van der Waals surface area contributed by atoms with E-state index in [1.165, 1.54) is 0 Å². The molecule has 0 aliphatic rings. The third-order valence-corrected chi connectivity index (χ3v) is 1.84. The number of carboxylic acids is 1. The Hall–Kier alpha value is -2.09. The summed E-state index contributed by atoms with van der Waals surface area (Å²) in [5.74, 6) is -2.12. The first-order valence-electron chi connectivity index (χ1n) is 4.83. The summed E-state index contributed by atoms with van der Waals surface area (Å²) >= 11 is 5.27. The minimum Gasteiger partial charge on any atom is -0.476 e. The van der Waals surface area contributed by atoms with Gasteiger partial charge in [-0.1, -0.05) is 5.16 Å². The Morgan fingerprint density at radius 3 is 2.94 bits per heavy atom. The molecular weight excluding hydrogens is 266 g/mol. The monoisotopic (exact) mass is 275 g/mol. The Morgan fingerprint density at radius 2 is 2.39 bits per heavy atom. The van der Waals surface area contributed by atoms with Crippen LogP contribution in [0.3, 0.4) is 0 Å². The second-order valence-corrected chi connectivity index (χ2v) is 3.15. The van der Waals surface area contributed by atoms with Crippen LogP contribution < -0.4 is 5.32 Å². The van der Waals surface area contributed by atoms with Gasteiger partial charge in [0.25, 0.3) is 0 Å². The number of hydrogen-bond acceptors (Lipinski definition) is 6. The zero-order valence-corrected chi connectivity index (χ0v) is 10.1. The molecule has 0 saturated carbocycles. The molecule has 1 aromatic rings. The number of anilines is 1. The van der Waals surface area contributed by atoms with Crippen molar-refractivity contribution in [2.75, 3.05) is 17.8 Å². The number of oxime groups is 1. The summed E-state index contributed by atoms with van der Waals surface area (Å²) in [5.41, 5.74) is -0.493. The lowest BCUT2D eigenvalue weighted by atomic mass is 10.3. The van der Waals surface area contributed by atoms with Crippen molar-refractivity contribution in [3.05, 3.63) is 12.0 Å². The third kappa shape index (κ3) is 3.74. The normalized spacial score (nSPS) is 11.1. The maximum Gasteiger partial charge on any atom is 0.360 e. The average Bonchev–Trinajstić information content (AvgIpc) is 2.77. The van der Waals surface area contributed by atoms with Gasteiger partial charge in [-0.2, -0.15) is 4.98 Å². The minimum atomic E-state index is -1.33. The highest BCUT2D eigenvalue weighted by Crippen LogP contribution is 2.09. The predicted molar refractivity (Wildman–Crippen MR) is 61.7 cm³/mol. The van der Waals surface area contributed by atoms with E-state index in [4.69, 9.17) is 21.1 Å². The number of aromatic nitrogens is 1. The van der Waals surface area contributed by atoms with Gasteiger partial charge in [-0.15, -0.1) is 11.6 Å². The summed E-state index contributed by atoms with van der Waals surface area (Å²) in [5, 5.41) is 14.5. The van der Waals surface area contributed by atoms with E-state index < -0.39 is 17.6 Å². The molecule has 0 aliphatic carbocycles. The third-order valence-electron chi connectivity index (χ3n) is 1.60.